The number of fused-ring (bicyclic) bond motifs is 3. The summed E-state index contributed by atoms with van der Waals surface area (Å²) in [6.45, 7) is 4.58. The van der Waals surface area contributed by atoms with Gasteiger partial charge >= 0.3 is 17.9 Å². The van der Waals surface area contributed by atoms with Gasteiger partial charge < -0.3 is 29.7 Å². The second-order valence-corrected chi connectivity index (χ2v) is 14.2. The van der Waals surface area contributed by atoms with Crippen LogP contribution in [-0.4, -0.2) is 86.8 Å². The van der Waals surface area contributed by atoms with Crippen molar-refractivity contribution in [1.29, 1.82) is 0 Å². The van der Waals surface area contributed by atoms with E-state index in [-0.39, 0.29) is 11.9 Å². The van der Waals surface area contributed by atoms with Gasteiger partial charge in [-0.05, 0) is 112 Å². The van der Waals surface area contributed by atoms with Crippen LogP contribution in [0.2, 0.25) is 0 Å². The summed E-state index contributed by atoms with van der Waals surface area (Å²) in [4.78, 5) is 63.2. The summed E-state index contributed by atoms with van der Waals surface area (Å²) in [7, 11) is 2.82. The molecule has 2 N–H and O–H groups in total. The number of anilines is 2. The molecule has 0 radical (unpaired) electrons. The van der Waals surface area contributed by atoms with Gasteiger partial charge in [0.15, 0.2) is 4.73 Å². The lowest BCUT2D eigenvalue weighted by Crippen LogP contribution is -2.33. The van der Waals surface area contributed by atoms with Crippen molar-refractivity contribution >= 4 is 45.7 Å². The maximum absolute atomic E-state index is 11.9. The van der Waals surface area contributed by atoms with Crippen molar-refractivity contribution in [1.82, 2.24) is 35.2 Å². The molecule has 0 atom stereocenters. The van der Waals surface area contributed by atoms with Crippen LogP contribution in [0.4, 0.5) is 11.9 Å². The molecule has 0 saturated heterocycles. The highest BCUT2D eigenvalue weighted by Gasteiger charge is 2.24. The molecule has 0 saturated carbocycles. The first-order valence-corrected chi connectivity index (χ1v) is 20.0. The van der Waals surface area contributed by atoms with E-state index in [1.165, 1.54) is 25.3 Å². The molecule has 3 aromatic heterocycles. The van der Waals surface area contributed by atoms with Crippen molar-refractivity contribution in [3.05, 3.63) is 165 Å². The van der Waals surface area contributed by atoms with Gasteiger partial charge in [-0.15, -0.1) is 0 Å². The molecular formula is C44H44BrN9O6. The smallest absolute Gasteiger partial charge is 0.338 e. The Bertz CT molecular complexity index is 2380. The van der Waals surface area contributed by atoms with E-state index in [4.69, 9.17) is 9.47 Å². The number of benzene rings is 3. The number of esters is 2. The molecular weight excluding hydrogens is 830 g/mol. The summed E-state index contributed by atoms with van der Waals surface area (Å²) in [6, 6.07) is 22.3. The quantitative estimate of drug-likeness (QED) is 0.154. The Kier molecular flexibility index (Phi) is 15.3. The second-order valence-electron chi connectivity index (χ2n) is 13.5. The van der Waals surface area contributed by atoms with Crippen LogP contribution in [0.3, 0.4) is 0 Å². The molecule has 3 aliphatic heterocycles. The number of carboxylic acid groups (broad SMARTS) is 1. The Hall–Kier alpha value is -6.65. The van der Waals surface area contributed by atoms with E-state index in [1.807, 2.05) is 29.2 Å². The van der Waals surface area contributed by atoms with Crippen LogP contribution < -0.4 is 15.1 Å². The number of ether oxygens (including phenoxy) is 2. The predicted molar refractivity (Wildman–Crippen MR) is 228 cm³/mol. The Morgan fingerprint density at radius 1 is 0.583 bits per heavy atom. The highest BCUT2D eigenvalue weighted by molar-refractivity contribution is 9.10. The lowest BCUT2D eigenvalue weighted by atomic mass is 9.95. The molecule has 0 spiro atoms. The SMILES string of the molecule is Brc1ncccn1.COC(=O)c1cccc2c1CN(c1ncccn1)CC2.COC(=O)c1cccc2c1CNCC2.O=C(O)c1cccc2c1CN(c1ncccn1)CC2. The second kappa shape index (κ2) is 21.4. The van der Waals surface area contributed by atoms with Crippen molar-refractivity contribution in [2.24, 2.45) is 0 Å². The van der Waals surface area contributed by atoms with Crippen molar-refractivity contribution in [2.45, 2.75) is 38.9 Å². The Balaban J connectivity index is 0.000000141. The third-order valence-corrected chi connectivity index (χ3v) is 10.3. The number of hydrogen-bond acceptors (Lipinski definition) is 14. The van der Waals surface area contributed by atoms with E-state index < -0.39 is 5.97 Å². The monoisotopic (exact) mass is 873 g/mol. The van der Waals surface area contributed by atoms with E-state index >= 15 is 0 Å². The van der Waals surface area contributed by atoms with Gasteiger partial charge in [0.25, 0.3) is 0 Å². The van der Waals surface area contributed by atoms with Crippen LogP contribution in [-0.2, 0) is 48.4 Å². The molecule has 6 aromatic rings. The Morgan fingerprint density at radius 3 is 1.43 bits per heavy atom. The predicted octanol–water partition coefficient (Wildman–Crippen LogP) is 5.92. The number of carbonyl (C=O) groups is 3. The van der Waals surface area contributed by atoms with Gasteiger partial charge in [0, 0.05) is 69.9 Å². The van der Waals surface area contributed by atoms with E-state index in [9.17, 15) is 19.5 Å². The summed E-state index contributed by atoms with van der Waals surface area (Å²) in [5, 5.41) is 12.5. The first-order chi connectivity index (χ1) is 29.3. The zero-order valence-corrected chi connectivity index (χ0v) is 34.8. The third-order valence-electron chi connectivity index (χ3n) is 9.94. The van der Waals surface area contributed by atoms with Crippen LogP contribution in [0.15, 0.2) is 115 Å². The zero-order valence-electron chi connectivity index (χ0n) is 33.2. The number of nitrogens with one attached hydrogen (secondary N) is 1. The van der Waals surface area contributed by atoms with Crippen molar-refractivity contribution in [3.63, 3.8) is 0 Å². The lowest BCUT2D eigenvalue weighted by Gasteiger charge is -2.29. The number of carboxylic acids is 1. The van der Waals surface area contributed by atoms with E-state index in [2.05, 4.69) is 68.2 Å². The molecule has 3 aliphatic rings. The van der Waals surface area contributed by atoms with Gasteiger partial charge in [-0.2, -0.15) is 0 Å². The number of aromatic carboxylic acids is 1. The fraction of sp³-hybridized carbons (Fsp3) is 0.250. The van der Waals surface area contributed by atoms with Gasteiger partial charge in [0.1, 0.15) is 0 Å². The maximum Gasteiger partial charge on any atom is 0.338 e. The van der Waals surface area contributed by atoms with E-state index in [0.29, 0.717) is 46.4 Å². The van der Waals surface area contributed by atoms with Crippen LogP contribution in [0.5, 0.6) is 0 Å². The van der Waals surface area contributed by atoms with Gasteiger partial charge in [-0.25, -0.2) is 44.3 Å². The highest BCUT2D eigenvalue weighted by atomic mass is 79.9. The van der Waals surface area contributed by atoms with Crippen LogP contribution >= 0.6 is 15.9 Å². The standard InChI is InChI=1S/C15H15N3O2.C14H13N3O2.C11H13NO2.C4H3BrN2/c1-20-14(19)12-5-2-4-11-6-9-18(10-13(11)12)15-16-7-3-8-17-15;18-13(19)11-4-1-3-10-5-8-17(9-12(10)11)14-15-6-2-7-16-14;1-14-11(13)9-4-2-3-8-5-6-12-7-10(8)9;5-4-6-2-1-3-7-4/h2-5,7-8H,6,9-10H2,1H3;1-4,6-7H,5,8-9H2,(H,18,19);2-4,12H,5-7H2,1H3;1-3H. The minimum absolute atomic E-state index is 0.245. The van der Waals surface area contributed by atoms with Gasteiger partial charge in [-0.3, -0.25) is 0 Å². The van der Waals surface area contributed by atoms with Crippen LogP contribution in [0.1, 0.15) is 64.5 Å². The minimum Gasteiger partial charge on any atom is -0.478 e. The number of carbonyl (C=O) groups excluding carboxylic acids is 2. The fourth-order valence-electron chi connectivity index (χ4n) is 7.01. The molecule has 0 fully saturated rings. The molecule has 16 heteroatoms. The maximum atomic E-state index is 11.9. The highest BCUT2D eigenvalue weighted by Crippen LogP contribution is 2.27. The van der Waals surface area contributed by atoms with E-state index in [1.54, 1.807) is 73.6 Å². The number of rotatable bonds is 5. The first kappa shape index (κ1) is 42.9. The summed E-state index contributed by atoms with van der Waals surface area (Å²) in [5.74, 6) is -0.0814. The van der Waals surface area contributed by atoms with Gasteiger partial charge in [-0.1, -0.05) is 36.4 Å². The summed E-state index contributed by atoms with van der Waals surface area (Å²) in [6.07, 6.45) is 12.9. The topological polar surface area (TPSA) is 186 Å². The molecule has 0 unspecified atom stereocenters. The number of nitrogens with zero attached hydrogens (tertiary/aromatic N) is 8. The lowest BCUT2D eigenvalue weighted by molar-refractivity contribution is 0.0590. The van der Waals surface area contributed by atoms with Crippen molar-refractivity contribution in [3.8, 4) is 0 Å². The average molecular weight is 875 g/mol. The number of halogens is 1. The molecule has 308 valence electrons. The molecule has 3 aromatic carbocycles. The molecule has 6 heterocycles. The number of hydrogen-bond donors (Lipinski definition) is 2. The molecule has 15 nitrogen and oxygen atoms in total. The average Bonchev–Trinajstić information content (AvgIpc) is 3.31. The summed E-state index contributed by atoms with van der Waals surface area (Å²) < 4.78 is 10.2. The molecule has 60 heavy (non-hydrogen) atoms. The normalized spacial score (nSPS) is 13.4. The summed E-state index contributed by atoms with van der Waals surface area (Å²) in [5.41, 5.74) is 8.22. The largest absolute Gasteiger partial charge is 0.478 e. The third kappa shape index (κ3) is 11.1. The Labute approximate surface area is 356 Å². The first-order valence-electron chi connectivity index (χ1n) is 19.2. The molecule has 9 rings (SSSR count). The number of methoxy groups -OCH3 is 2. The Morgan fingerprint density at radius 2 is 1.00 bits per heavy atom. The van der Waals surface area contributed by atoms with Crippen molar-refractivity contribution < 1.29 is 29.0 Å². The molecule has 0 amide bonds. The van der Waals surface area contributed by atoms with Gasteiger partial charge in [0.2, 0.25) is 11.9 Å². The van der Waals surface area contributed by atoms with E-state index in [0.717, 1.165) is 67.7 Å². The number of aromatic nitrogens is 6. The summed E-state index contributed by atoms with van der Waals surface area (Å²) >= 11 is 3.09. The molecule has 0 bridgehead atoms. The van der Waals surface area contributed by atoms with Crippen LogP contribution in [0.25, 0.3) is 0 Å². The van der Waals surface area contributed by atoms with Gasteiger partial charge in [0.05, 0.1) is 30.9 Å². The fourth-order valence-corrected chi connectivity index (χ4v) is 7.25. The zero-order chi connectivity index (χ0) is 42.3. The van der Waals surface area contributed by atoms with Crippen molar-refractivity contribution in [2.75, 3.05) is 43.7 Å². The minimum atomic E-state index is -0.882. The molecule has 0 aliphatic carbocycles. The van der Waals surface area contributed by atoms with Crippen LogP contribution in [0, 0.1) is 0 Å².